The number of hydrogen-bond donors (Lipinski definition) is 1. The van der Waals surface area contributed by atoms with Crippen molar-refractivity contribution in [1.82, 2.24) is 9.97 Å². The Morgan fingerprint density at radius 2 is 2.25 bits per heavy atom. The number of nitrogens with zero attached hydrogens (tertiary/aromatic N) is 3. The molecule has 1 aromatic heterocycles. The molecular weight excluding hydrogens is 220 g/mol. The van der Waals surface area contributed by atoms with Crippen LogP contribution in [0.25, 0.3) is 0 Å². The number of anilines is 2. The lowest BCUT2D eigenvalue weighted by atomic mass is 10.2. The van der Waals surface area contributed by atoms with Crippen LogP contribution in [0.4, 0.5) is 11.6 Å². The molecule has 0 bridgehead atoms. The molecule has 1 saturated heterocycles. The van der Waals surface area contributed by atoms with Crippen LogP contribution < -0.4 is 10.2 Å². The van der Waals surface area contributed by atoms with Gasteiger partial charge in [-0.2, -0.15) is 11.8 Å². The van der Waals surface area contributed by atoms with Crippen LogP contribution in [-0.4, -0.2) is 40.6 Å². The Morgan fingerprint density at radius 1 is 1.44 bits per heavy atom. The number of thioether (sulfide) groups is 1. The molecule has 2 unspecified atom stereocenters. The van der Waals surface area contributed by atoms with Crippen molar-refractivity contribution < 1.29 is 0 Å². The van der Waals surface area contributed by atoms with Gasteiger partial charge in [-0.3, -0.25) is 0 Å². The van der Waals surface area contributed by atoms with Gasteiger partial charge in [0.15, 0.2) is 0 Å². The van der Waals surface area contributed by atoms with Gasteiger partial charge in [0.1, 0.15) is 18.0 Å². The predicted molar refractivity (Wildman–Crippen MR) is 70.3 cm³/mol. The van der Waals surface area contributed by atoms with Crippen LogP contribution >= 0.6 is 11.8 Å². The first-order valence-corrected chi connectivity index (χ1v) is 6.65. The maximum Gasteiger partial charge on any atom is 0.134 e. The largest absolute Gasteiger partial charge is 0.373 e. The molecule has 0 aromatic carbocycles. The van der Waals surface area contributed by atoms with Crippen molar-refractivity contribution in [1.29, 1.82) is 0 Å². The van der Waals surface area contributed by atoms with Crippen LogP contribution in [-0.2, 0) is 0 Å². The Labute approximate surface area is 101 Å². The van der Waals surface area contributed by atoms with E-state index in [4.69, 9.17) is 0 Å². The van der Waals surface area contributed by atoms with Crippen molar-refractivity contribution in [2.45, 2.75) is 25.1 Å². The minimum Gasteiger partial charge on any atom is -0.373 e. The summed E-state index contributed by atoms with van der Waals surface area (Å²) >= 11 is 2.03. The molecule has 1 aliphatic heterocycles. The van der Waals surface area contributed by atoms with Gasteiger partial charge in [0, 0.05) is 36.7 Å². The number of nitrogens with one attached hydrogen (secondary N) is 1. The summed E-state index contributed by atoms with van der Waals surface area (Å²) in [5, 5.41) is 3.70. The Bertz CT molecular complexity index is 358. The predicted octanol–water partition coefficient (Wildman–Crippen LogP) is 1.85. The van der Waals surface area contributed by atoms with Crippen molar-refractivity contribution in [2.75, 3.05) is 29.6 Å². The summed E-state index contributed by atoms with van der Waals surface area (Å²) in [5.74, 6) is 3.08. The van der Waals surface area contributed by atoms with E-state index in [0.29, 0.717) is 11.3 Å². The van der Waals surface area contributed by atoms with Crippen LogP contribution in [0.15, 0.2) is 12.4 Å². The fourth-order valence-corrected chi connectivity index (χ4v) is 3.00. The monoisotopic (exact) mass is 238 g/mol. The van der Waals surface area contributed by atoms with E-state index in [9.17, 15) is 0 Å². The van der Waals surface area contributed by atoms with Gasteiger partial charge in [-0.05, 0) is 6.92 Å². The molecule has 0 amide bonds. The SMILES string of the molecule is CNc1cc(N2CCSC(C)C2C)ncn1. The maximum absolute atomic E-state index is 4.36. The molecule has 4 nitrogen and oxygen atoms in total. The quantitative estimate of drug-likeness (QED) is 0.851. The molecule has 5 heteroatoms. The Hall–Kier alpha value is -0.970. The number of hydrogen-bond acceptors (Lipinski definition) is 5. The highest BCUT2D eigenvalue weighted by molar-refractivity contribution is 8.00. The highest BCUT2D eigenvalue weighted by Gasteiger charge is 2.26. The van der Waals surface area contributed by atoms with Crippen LogP contribution in [0.5, 0.6) is 0 Å². The molecule has 0 saturated carbocycles. The van der Waals surface area contributed by atoms with Crippen molar-refractivity contribution >= 4 is 23.4 Å². The summed E-state index contributed by atoms with van der Waals surface area (Å²) in [4.78, 5) is 10.9. The first-order chi connectivity index (χ1) is 7.72. The third-order valence-electron chi connectivity index (χ3n) is 3.09. The van der Waals surface area contributed by atoms with Crippen LogP contribution in [0.1, 0.15) is 13.8 Å². The molecule has 2 heterocycles. The molecule has 16 heavy (non-hydrogen) atoms. The Kier molecular flexibility index (Phi) is 3.53. The molecular formula is C11H18N4S. The van der Waals surface area contributed by atoms with Gasteiger partial charge in [-0.1, -0.05) is 6.92 Å². The molecule has 1 N–H and O–H groups in total. The smallest absolute Gasteiger partial charge is 0.134 e. The zero-order chi connectivity index (χ0) is 11.5. The van der Waals surface area contributed by atoms with E-state index in [1.54, 1.807) is 6.33 Å². The van der Waals surface area contributed by atoms with Crippen molar-refractivity contribution in [3.63, 3.8) is 0 Å². The van der Waals surface area contributed by atoms with E-state index in [0.717, 1.165) is 18.2 Å². The maximum atomic E-state index is 4.36. The zero-order valence-electron chi connectivity index (χ0n) is 9.97. The molecule has 1 aromatic rings. The van der Waals surface area contributed by atoms with Crippen LogP contribution in [0, 0.1) is 0 Å². The topological polar surface area (TPSA) is 41.0 Å². The number of rotatable bonds is 2. The van der Waals surface area contributed by atoms with Crippen LogP contribution in [0.2, 0.25) is 0 Å². The minimum absolute atomic E-state index is 0.526. The summed E-state index contributed by atoms with van der Waals surface area (Å²) < 4.78 is 0. The van der Waals surface area contributed by atoms with E-state index >= 15 is 0 Å². The normalized spacial score (nSPS) is 25.6. The summed E-state index contributed by atoms with van der Waals surface area (Å²) in [6, 6.07) is 2.54. The third kappa shape index (κ3) is 2.24. The van der Waals surface area contributed by atoms with Gasteiger partial charge in [-0.25, -0.2) is 9.97 Å². The standard InChI is InChI=1S/C11H18N4S/c1-8-9(2)16-5-4-15(8)11-6-10(12-3)13-7-14-11/h6-9H,4-5H2,1-3H3,(H,12,13,14). The molecule has 1 aliphatic rings. The fourth-order valence-electron chi connectivity index (χ4n) is 1.90. The highest BCUT2D eigenvalue weighted by atomic mass is 32.2. The second-order valence-electron chi connectivity index (χ2n) is 4.02. The summed E-state index contributed by atoms with van der Waals surface area (Å²) in [6.45, 7) is 5.61. The molecule has 2 atom stereocenters. The second kappa shape index (κ2) is 4.91. The lowest BCUT2D eigenvalue weighted by molar-refractivity contribution is 0.620. The van der Waals surface area contributed by atoms with Gasteiger partial charge in [0.2, 0.25) is 0 Å². The minimum atomic E-state index is 0.526. The first kappa shape index (κ1) is 11.5. The van der Waals surface area contributed by atoms with Gasteiger partial charge in [-0.15, -0.1) is 0 Å². The summed E-state index contributed by atoms with van der Waals surface area (Å²) in [7, 11) is 1.88. The molecule has 2 rings (SSSR count). The van der Waals surface area contributed by atoms with Crippen molar-refractivity contribution in [3.05, 3.63) is 12.4 Å². The van der Waals surface area contributed by atoms with Crippen LogP contribution in [0.3, 0.4) is 0 Å². The molecule has 0 spiro atoms. The first-order valence-electron chi connectivity index (χ1n) is 5.60. The zero-order valence-corrected chi connectivity index (χ0v) is 10.8. The average molecular weight is 238 g/mol. The second-order valence-corrected chi connectivity index (χ2v) is 5.51. The van der Waals surface area contributed by atoms with E-state index in [2.05, 4.69) is 34.0 Å². The number of aromatic nitrogens is 2. The van der Waals surface area contributed by atoms with Gasteiger partial charge < -0.3 is 10.2 Å². The van der Waals surface area contributed by atoms with Crippen molar-refractivity contribution in [2.24, 2.45) is 0 Å². The molecule has 0 aliphatic carbocycles. The van der Waals surface area contributed by atoms with E-state index < -0.39 is 0 Å². The summed E-state index contributed by atoms with van der Waals surface area (Å²) in [6.07, 6.45) is 1.63. The van der Waals surface area contributed by atoms with E-state index in [1.807, 2.05) is 24.9 Å². The summed E-state index contributed by atoms with van der Waals surface area (Å²) in [5.41, 5.74) is 0. The van der Waals surface area contributed by atoms with Gasteiger partial charge >= 0.3 is 0 Å². The third-order valence-corrected chi connectivity index (χ3v) is 4.42. The van der Waals surface area contributed by atoms with Gasteiger partial charge in [0.25, 0.3) is 0 Å². The van der Waals surface area contributed by atoms with E-state index in [-0.39, 0.29) is 0 Å². The van der Waals surface area contributed by atoms with Gasteiger partial charge in [0.05, 0.1) is 0 Å². The highest BCUT2D eigenvalue weighted by Crippen LogP contribution is 2.28. The molecule has 0 radical (unpaired) electrons. The molecule has 88 valence electrons. The lowest BCUT2D eigenvalue weighted by Gasteiger charge is -2.38. The lowest BCUT2D eigenvalue weighted by Crippen LogP contribution is -2.45. The fraction of sp³-hybridized carbons (Fsp3) is 0.636. The van der Waals surface area contributed by atoms with E-state index in [1.165, 1.54) is 5.75 Å². The Morgan fingerprint density at radius 3 is 3.00 bits per heavy atom. The molecule has 1 fully saturated rings. The Balaban J connectivity index is 2.21. The van der Waals surface area contributed by atoms with Crippen molar-refractivity contribution in [3.8, 4) is 0 Å². The average Bonchev–Trinajstić information content (AvgIpc) is 2.33.